The van der Waals surface area contributed by atoms with Crippen molar-refractivity contribution in [2.45, 2.75) is 26.0 Å². The minimum absolute atomic E-state index is 0.0454. The summed E-state index contributed by atoms with van der Waals surface area (Å²) in [7, 11) is 0. The molecule has 7 heteroatoms. The molecule has 16 heavy (non-hydrogen) atoms. The number of carboxylic acids is 1. The van der Waals surface area contributed by atoms with Crippen LogP contribution in [0.1, 0.15) is 36.1 Å². The van der Waals surface area contributed by atoms with Crippen LogP contribution in [-0.4, -0.2) is 38.3 Å². The fourth-order valence-electron chi connectivity index (χ4n) is 0.999. The Balaban J connectivity index is 2.70. The molecule has 7 nitrogen and oxygen atoms in total. The number of nitrogens with one attached hydrogen (secondary N) is 2. The molecule has 0 bridgehead atoms. The molecule has 2 atom stereocenters. The Bertz CT molecular complexity index is 399. The Morgan fingerprint density at radius 1 is 1.50 bits per heavy atom. The topological polar surface area (TPSA) is 115 Å². The number of hydrogen-bond acceptors (Lipinski definition) is 4. The van der Waals surface area contributed by atoms with Crippen LogP contribution < -0.4 is 5.32 Å². The van der Waals surface area contributed by atoms with Gasteiger partial charge < -0.3 is 15.5 Å². The molecule has 0 radical (unpaired) electrons. The summed E-state index contributed by atoms with van der Waals surface area (Å²) in [5, 5.41) is 26.2. The number of carbonyl (C=O) groups excluding carboxylic acids is 1. The lowest BCUT2D eigenvalue weighted by Gasteiger charge is -2.06. The van der Waals surface area contributed by atoms with Crippen LogP contribution in [0.25, 0.3) is 0 Å². The monoisotopic (exact) mass is 227 g/mol. The minimum atomic E-state index is -1.13. The number of amides is 1. The third kappa shape index (κ3) is 2.80. The summed E-state index contributed by atoms with van der Waals surface area (Å²) in [6.07, 6.45) is -0.758. The van der Waals surface area contributed by atoms with E-state index in [0.29, 0.717) is 5.69 Å². The first-order valence-electron chi connectivity index (χ1n) is 4.69. The summed E-state index contributed by atoms with van der Waals surface area (Å²) in [4.78, 5) is 22.0. The van der Waals surface area contributed by atoms with Gasteiger partial charge in [-0.05, 0) is 19.9 Å². The largest absolute Gasteiger partial charge is 0.480 e. The van der Waals surface area contributed by atoms with Crippen LogP contribution in [0.15, 0.2) is 6.07 Å². The fraction of sp³-hybridized carbons (Fsp3) is 0.444. The van der Waals surface area contributed by atoms with Crippen molar-refractivity contribution < 1.29 is 19.8 Å². The first kappa shape index (κ1) is 12.2. The van der Waals surface area contributed by atoms with Crippen LogP contribution in [0.2, 0.25) is 0 Å². The molecule has 0 fully saturated rings. The first-order chi connectivity index (χ1) is 7.41. The molecule has 0 saturated heterocycles. The number of aromatic nitrogens is 2. The lowest BCUT2D eigenvalue weighted by atomic mass is 10.2. The van der Waals surface area contributed by atoms with Crippen molar-refractivity contribution in [2.75, 3.05) is 0 Å². The van der Waals surface area contributed by atoms with Crippen molar-refractivity contribution in [3.63, 3.8) is 0 Å². The average molecular weight is 227 g/mol. The van der Waals surface area contributed by atoms with Crippen molar-refractivity contribution in [1.82, 2.24) is 15.5 Å². The Kier molecular flexibility index (Phi) is 3.62. The zero-order chi connectivity index (χ0) is 12.3. The number of aliphatic hydroxyl groups is 1. The second kappa shape index (κ2) is 4.75. The molecule has 0 spiro atoms. The predicted molar refractivity (Wildman–Crippen MR) is 53.8 cm³/mol. The average Bonchev–Trinajstić information content (AvgIpc) is 2.65. The number of carboxylic acid groups (broad SMARTS) is 1. The van der Waals surface area contributed by atoms with Gasteiger partial charge in [0.05, 0.1) is 11.8 Å². The van der Waals surface area contributed by atoms with Crippen molar-refractivity contribution in [3.8, 4) is 0 Å². The highest BCUT2D eigenvalue weighted by Gasteiger charge is 2.18. The van der Waals surface area contributed by atoms with E-state index in [4.69, 9.17) is 5.11 Å². The predicted octanol–water partition coefficient (Wildman–Crippen LogP) is -0.334. The molecule has 1 aromatic heterocycles. The number of hydrogen-bond donors (Lipinski definition) is 4. The second-order valence-corrected chi connectivity index (χ2v) is 3.42. The Morgan fingerprint density at radius 2 is 2.12 bits per heavy atom. The van der Waals surface area contributed by atoms with Crippen LogP contribution in [0.5, 0.6) is 0 Å². The molecular weight excluding hydrogens is 214 g/mol. The summed E-state index contributed by atoms with van der Waals surface area (Å²) in [6.45, 7) is 2.87. The van der Waals surface area contributed by atoms with E-state index < -0.39 is 24.0 Å². The molecule has 0 aromatic carbocycles. The molecule has 1 rings (SSSR count). The molecule has 0 saturated carbocycles. The maximum absolute atomic E-state index is 11.5. The van der Waals surface area contributed by atoms with E-state index in [1.165, 1.54) is 19.9 Å². The number of carbonyl (C=O) groups is 2. The van der Waals surface area contributed by atoms with Gasteiger partial charge in [-0.3, -0.25) is 14.7 Å². The summed E-state index contributed by atoms with van der Waals surface area (Å²) < 4.78 is 0. The minimum Gasteiger partial charge on any atom is -0.480 e. The van der Waals surface area contributed by atoms with Crippen LogP contribution in [0.4, 0.5) is 0 Å². The van der Waals surface area contributed by atoms with Gasteiger partial charge in [-0.2, -0.15) is 5.10 Å². The lowest BCUT2D eigenvalue weighted by molar-refractivity contribution is -0.138. The van der Waals surface area contributed by atoms with Crippen molar-refractivity contribution in [2.24, 2.45) is 0 Å². The number of nitrogens with zero attached hydrogens (tertiary/aromatic N) is 1. The number of aliphatic carboxylic acids is 1. The van der Waals surface area contributed by atoms with Gasteiger partial charge in [0.1, 0.15) is 11.7 Å². The van der Waals surface area contributed by atoms with Gasteiger partial charge >= 0.3 is 5.97 Å². The highest BCUT2D eigenvalue weighted by atomic mass is 16.4. The first-order valence-corrected chi connectivity index (χ1v) is 4.69. The highest BCUT2D eigenvalue weighted by molar-refractivity contribution is 5.94. The molecule has 1 amide bonds. The highest BCUT2D eigenvalue weighted by Crippen LogP contribution is 2.09. The van der Waals surface area contributed by atoms with Crippen LogP contribution in [0, 0.1) is 0 Å². The Hall–Kier alpha value is -1.89. The molecule has 1 aromatic rings. The van der Waals surface area contributed by atoms with Crippen molar-refractivity contribution >= 4 is 11.9 Å². The summed E-state index contributed by atoms with van der Waals surface area (Å²) >= 11 is 0. The van der Waals surface area contributed by atoms with Crippen LogP contribution in [-0.2, 0) is 4.79 Å². The smallest absolute Gasteiger partial charge is 0.325 e. The molecule has 1 heterocycles. The van der Waals surface area contributed by atoms with E-state index >= 15 is 0 Å². The van der Waals surface area contributed by atoms with Crippen LogP contribution >= 0.6 is 0 Å². The molecule has 0 aliphatic rings. The van der Waals surface area contributed by atoms with E-state index in [-0.39, 0.29) is 5.69 Å². The molecule has 4 N–H and O–H groups in total. The molecule has 0 aliphatic carbocycles. The molecule has 1 unspecified atom stereocenters. The lowest BCUT2D eigenvalue weighted by Crippen LogP contribution is -2.38. The van der Waals surface area contributed by atoms with E-state index in [1.54, 1.807) is 0 Å². The number of H-pyrrole nitrogens is 1. The van der Waals surface area contributed by atoms with E-state index in [1.807, 2.05) is 0 Å². The maximum atomic E-state index is 11.5. The van der Waals surface area contributed by atoms with Crippen molar-refractivity contribution in [1.29, 1.82) is 0 Å². The fourth-order valence-corrected chi connectivity index (χ4v) is 0.999. The maximum Gasteiger partial charge on any atom is 0.325 e. The standard InChI is InChI=1S/C9H13N3O4/c1-4(9(15)16)10-8(14)7-3-6(5(2)13)11-12-7/h3-5,13H,1-2H3,(H,10,14)(H,11,12)(H,15,16)/t4-,5?/m0/s1. The summed E-state index contributed by atoms with van der Waals surface area (Å²) in [5.41, 5.74) is 0.442. The Morgan fingerprint density at radius 3 is 2.56 bits per heavy atom. The second-order valence-electron chi connectivity index (χ2n) is 3.42. The number of aliphatic hydroxyl groups excluding tert-OH is 1. The van der Waals surface area contributed by atoms with Gasteiger partial charge in [-0.25, -0.2) is 0 Å². The van der Waals surface area contributed by atoms with Gasteiger partial charge in [0.25, 0.3) is 5.91 Å². The van der Waals surface area contributed by atoms with Gasteiger partial charge in [-0.1, -0.05) is 0 Å². The van der Waals surface area contributed by atoms with E-state index in [0.717, 1.165) is 0 Å². The van der Waals surface area contributed by atoms with Gasteiger partial charge in [0, 0.05) is 0 Å². The van der Waals surface area contributed by atoms with Gasteiger partial charge in [0.2, 0.25) is 0 Å². The third-order valence-electron chi connectivity index (χ3n) is 2.00. The number of aromatic amines is 1. The number of rotatable bonds is 4. The third-order valence-corrected chi connectivity index (χ3v) is 2.00. The van der Waals surface area contributed by atoms with Crippen molar-refractivity contribution in [3.05, 3.63) is 17.5 Å². The van der Waals surface area contributed by atoms with Gasteiger partial charge in [0.15, 0.2) is 0 Å². The quantitative estimate of drug-likeness (QED) is 0.562. The Labute approximate surface area is 91.5 Å². The SMILES string of the molecule is CC(O)c1cc(C(=O)N[C@@H](C)C(=O)O)n[nH]1. The van der Waals surface area contributed by atoms with E-state index in [9.17, 15) is 14.7 Å². The molecule has 88 valence electrons. The molecular formula is C9H13N3O4. The zero-order valence-corrected chi connectivity index (χ0v) is 8.89. The van der Waals surface area contributed by atoms with Gasteiger partial charge in [-0.15, -0.1) is 0 Å². The molecule has 0 aliphatic heterocycles. The zero-order valence-electron chi connectivity index (χ0n) is 8.89. The van der Waals surface area contributed by atoms with Crippen LogP contribution in [0.3, 0.4) is 0 Å². The normalized spacial score (nSPS) is 14.2. The summed E-state index contributed by atoms with van der Waals surface area (Å²) in [5.74, 6) is -1.72. The summed E-state index contributed by atoms with van der Waals surface area (Å²) in [6, 6.07) is 0.383. The van der Waals surface area contributed by atoms with E-state index in [2.05, 4.69) is 15.5 Å².